The van der Waals surface area contributed by atoms with Gasteiger partial charge in [-0.25, -0.2) is 0 Å². The second-order valence-corrected chi connectivity index (χ2v) is 5.63. The van der Waals surface area contributed by atoms with E-state index in [1.54, 1.807) is 6.33 Å². The molecule has 1 atom stereocenters. The molecular formula is C13H25N5. The Labute approximate surface area is 110 Å². The van der Waals surface area contributed by atoms with Crippen molar-refractivity contribution in [3.8, 4) is 0 Å². The van der Waals surface area contributed by atoms with Crippen molar-refractivity contribution in [2.24, 2.45) is 13.0 Å². The molecule has 0 radical (unpaired) electrons. The van der Waals surface area contributed by atoms with Gasteiger partial charge in [0.05, 0.1) is 0 Å². The molecule has 5 nitrogen and oxygen atoms in total. The van der Waals surface area contributed by atoms with E-state index in [4.69, 9.17) is 0 Å². The van der Waals surface area contributed by atoms with E-state index in [-0.39, 0.29) is 0 Å². The van der Waals surface area contributed by atoms with Crippen LogP contribution in [0.25, 0.3) is 0 Å². The molecule has 1 aromatic heterocycles. The third-order valence-corrected chi connectivity index (χ3v) is 3.64. The minimum absolute atomic E-state index is 0.595. The Morgan fingerprint density at radius 1 is 1.50 bits per heavy atom. The summed E-state index contributed by atoms with van der Waals surface area (Å²) >= 11 is 0. The first-order valence-electron chi connectivity index (χ1n) is 6.93. The van der Waals surface area contributed by atoms with Crippen molar-refractivity contribution in [1.82, 2.24) is 25.0 Å². The smallest absolute Gasteiger partial charge is 0.133 e. The van der Waals surface area contributed by atoms with Crippen molar-refractivity contribution >= 4 is 0 Å². The van der Waals surface area contributed by atoms with Crippen LogP contribution >= 0.6 is 0 Å². The van der Waals surface area contributed by atoms with Crippen molar-refractivity contribution in [3.05, 3.63) is 12.2 Å². The molecule has 0 saturated carbocycles. The quantitative estimate of drug-likeness (QED) is 0.807. The van der Waals surface area contributed by atoms with Crippen molar-refractivity contribution in [3.63, 3.8) is 0 Å². The predicted molar refractivity (Wildman–Crippen MR) is 72.4 cm³/mol. The zero-order valence-electron chi connectivity index (χ0n) is 11.8. The summed E-state index contributed by atoms with van der Waals surface area (Å²) in [6.45, 7) is 9.12. The highest BCUT2D eigenvalue weighted by atomic mass is 15.3. The molecule has 1 aliphatic heterocycles. The molecule has 102 valence electrons. The first-order valence-corrected chi connectivity index (χ1v) is 6.93. The van der Waals surface area contributed by atoms with Gasteiger partial charge < -0.3 is 14.8 Å². The average Bonchev–Trinajstić information content (AvgIpc) is 2.93. The largest absolute Gasteiger partial charge is 0.321 e. The molecule has 1 aromatic rings. The van der Waals surface area contributed by atoms with Crippen LogP contribution in [-0.2, 0) is 13.5 Å². The monoisotopic (exact) mass is 251 g/mol. The SMILES string of the molecule is CC(C)NCC1CCN(CCc2nncn2C)C1. The zero-order chi connectivity index (χ0) is 13.0. The number of aryl methyl sites for hydroxylation is 1. The highest BCUT2D eigenvalue weighted by Crippen LogP contribution is 2.15. The van der Waals surface area contributed by atoms with Crippen LogP contribution in [0.1, 0.15) is 26.1 Å². The Bertz CT molecular complexity index is 360. The van der Waals surface area contributed by atoms with Crippen LogP contribution in [0, 0.1) is 5.92 Å². The Kier molecular flexibility index (Phi) is 4.72. The molecule has 0 aromatic carbocycles. The van der Waals surface area contributed by atoms with Gasteiger partial charge in [-0.1, -0.05) is 13.8 Å². The topological polar surface area (TPSA) is 46.0 Å². The van der Waals surface area contributed by atoms with E-state index in [0.717, 1.165) is 31.3 Å². The maximum absolute atomic E-state index is 4.13. The fraction of sp³-hybridized carbons (Fsp3) is 0.846. The summed E-state index contributed by atoms with van der Waals surface area (Å²) in [5.41, 5.74) is 0. The molecule has 1 fully saturated rings. The van der Waals surface area contributed by atoms with Gasteiger partial charge in [-0.2, -0.15) is 0 Å². The van der Waals surface area contributed by atoms with Crippen LogP contribution in [0.5, 0.6) is 0 Å². The van der Waals surface area contributed by atoms with E-state index < -0.39 is 0 Å². The van der Waals surface area contributed by atoms with Gasteiger partial charge >= 0.3 is 0 Å². The predicted octanol–water partition coefficient (Wildman–Crippen LogP) is 0.677. The maximum Gasteiger partial charge on any atom is 0.133 e. The number of nitrogens with zero attached hydrogens (tertiary/aromatic N) is 4. The van der Waals surface area contributed by atoms with E-state index >= 15 is 0 Å². The summed E-state index contributed by atoms with van der Waals surface area (Å²) in [6, 6.07) is 0.595. The summed E-state index contributed by atoms with van der Waals surface area (Å²) in [5, 5.41) is 11.6. The third kappa shape index (κ3) is 3.78. The molecule has 1 aliphatic rings. The second-order valence-electron chi connectivity index (χ2n) is 5.63. The molecular weight excluding hydrogens is 226 g/mol. The van der Waals surface area contributed by atoms with E-state index in [0.29, 0.717) is 6.04 Å². The Balaban J connectivity index is 1.68. The zero-order valence-corrected chi connectivity index (χ0v) is 11.8. The number of likely N-dealkylation sites (tertiary alicyclic amines) is 1. The van der Waals surface area contributed by atoms with Gasteiger partial charge in [-0.15, -0.1) is 10.2 Å². The van der Waals surface area contributed by atoms with Crippen LogP contribution in [0.3, 0.4) is 0 Å². The third-order valence-electron chi connectivity index (χ3n) is 3.64. The highest BCUT2D eigenvalue weighted by molar-refractivity contribution is 4.87. The average molecular weight is 251 g/mol. The lowest BCUT2D eigenvalue weighted by Gasteiger charge is -2.16. The number of aromatic nitrogens is 3. The Hall–Kier alpha value is -0.940. The molecule has 1 unspecified atom stereocenters. The number of rotatable bonds is 6. The second kappa shape index (κ2) is 6.29. The number of hydrogen-bond acceptors (Lipinski definition) is 4. The highest BCUT2D eigenvalue weighted by Gasteiger charge is 2.22. The minimum Gasteiger partial charge on any atom is -0.321 e. The van der Waals surface area contributed by atoms with Crippen LogP contribution in [0.15, 0.2) is 6.33 Å². The maximum atomic E-state index is 4.13. The lowest BCUT2D eigenvalue weighted by atomic mass is 10.1. The van der Waals surface area contributed by atoms with Crippen molar-refractivity contribution < 1.29 is 0 Å². The standard InChI is InChI=1S/C13H25N5/c1-11(2)14-8-12-4-6-18(9-12)7-5-13-16-15-10-17(13)3/h10-12,14H,4-9H2,1-3H3. The van der Waals surface area contributed by atoms with E-state index in [2.05, 4.69) is 34.3 Å². The molecule has 2 heterocycles. The normalized spacial score (nSPS) is 21.0. The molecule has 0 amide bonds. The van der Waals surface area contributed by atoms with Gasteiger partial charge in [0.15, 0.2) is 0 Å². The summed E-state index contributed by atoms with van der Waals surface area (Å²) in [7, 11) is 2.01. The van der Waals surface area contributed by atoms with Crippen molar-refractivity contribution in [2.45, 2.75) is 32.7 Å². The van der Waals surface area contributed by atoms with Crippen molar-refractivity contribution in [2.75, 3.05) is 26.2 Å². The fourth-order valence-electron chi connectivity index (χ4n) is 2.48. The summed E-state index contributed by atoms with van der Waals surface area (Å²) in [5.74, 6) is 1.89. The van der Waals surface area contributed by atoms with E-state index in [9.17, 15) is 0 Å². The summed E-state index contributed by atoms with van der Waals surface area (Å²) < 4.78 is 2.01. The first kappa shape index (κ1) is 13.5. The molecule has 1 saturated heterocycles. The van der Waals surface area contributed by atoms with Crippen molar-refractivity contribution in [1.29, 1.82) is 0 Å². The molecule has 0 bridgehead atoms. The van der Waals surface area contributed by atoms with Gasteiger partial charge in [0.2, 0.25) is 0 Å². The van der Waals surface area contributed by atoms with Gasteiger partial charge in [0, 0.05) is 32.6 Å². The van der Waals surface area contributed by atoms with Gasteiger partial charge in [-0.3, -0.25) is 0 Å². The van der Waals surface area contributed by atoms with Crippen LogP contribution in [0.2, 0.25) is 0 Å². The van der Waals surface area contributed by atoms with Gasteiger partial charge in [0.1, 0.15) is 12.2 Å². The van der Waals surface area contributed by atoms with Crippen LogP contribution in [-0.4, -0.2) is 51.9 Å². The van der Waals surface area contributed by atoms with E-state index in [1.165, 1.54) is 19.5 Å². The lowest BCUT2D eigenvalue weighted by molar-refractivity contribution is 0.320. The molecule has 18 heavy (non-hydrogen) atoms. The Morgan fingerprint density at radius 2 is 2.33 bits per heavy atom. The summed E-state index contributed by atoms with van der Waals surface area (Å²) in [6.07, 6.45) is 4.09. The molecule has 2 rings (SSSR count). The number of hydrogen-bond donors (Lipinski definition) is 1. The van der Waals surface area contributed by atoms with Crippen LogP contribution in [0.4, 0.5) is 0 Å². The molecule has 0 spiro atoms. The Morgan fingerprint density at radius 3 is 3.00 bits per heavy atom. The molecule has 5 heteroatoms. The number of nitrogens with one attached hydrogen (secondary N) is 1. The minimum atomic E-state index is 0.595. The summed E-state index contributed by atoms with van der Waals surface area (Å²) in [4.78, 5) is 2.54. The lowest BCUT2D eigenvalue weighted by Crippen LogP contribution is -2.31. The van der Waals surface area contributed by atoms with Crippen LogP contribution < -0.4 is 5.32 Å². The van der Waals surface area contributed by atoms with E-state index in [1.807, 2.05) is 11.6 Å². The molecule has 1 N–H and O–H groups in total. The van der Waals surface area contributed by atoms with Gasteiger partial charge in [-0.05, 0) is 25.4 Å². The first-order chi connectivity index (χ1) is 8.65. The van der Waals surface area contributed by atoms with Gasteiger partial charge in [0.25, 0.3) is 0 Å². The fourth-order valence-corrected chi connectivity index (χ4v) is 2.48. The molecule has 0 aliphatic carbocycles.